The van der Waals surface area contributed by atoms with Crippen LogP contribution < -0.4 is 10.6 Å². The van der Waals surface area contributed by atoms with Gasteiger partial charge in [-0.3, -0.25) is 9.58 Å². The molecular formula is C24H29N5O. The van der Waals surface area contributed by atoms with E-state index < -0.39 is 0 Å². The minimum absolute atomic E-state index is 0.171. The zero-order valence-corrected chi connectivity index (χ0v) is 17.7. The van der Waals surface area contributed by atoms with Gasteiger partial charge in [0, 0.05) is 37.6 Å². The van der Waals surface area contributed by atoms with Crippen LogP contribution in [0.15, 0.2) is 54.6 Å². The molecule has 0 radical (unpaired) electrons. The maximum absolute atomic E-state index is 12.3. The topological polar surface area (TPSA) is 62.2 Å². The summed E-state index contributed by atoms with van der Waals surface area (Å²) in [5, 5.41) is 10.4. The van der Waals surface area contributed by atoms with Crippen molar-refractivity contribution >= 4 is 11.7 Å². The predicted molar refractivity (Wildman–Crippen MR) is 120 cm³/mol. The Morgan fingerprint density at radius 1 is 1.07 bits per heavy atom. The van der Waals surface area contributed by atoms with Gasteiger partial charge in [0.05, 0.1) is 12.2 Å². The molecule has 3 aromatic rings. The van der Waals surface area contributed by atoms with Crippen LogP contribution in [-0.4, -0.2) is 40.3 Å². The molecule has 2 amide bonds. The van der Waals surface area contributed by atoms with Crippen LogP contribution in [-0.2, 0) is 19.5 Å². The Hall–Kier alpha value is -3.12. The van der Waals surface area contributed by atoms with Gasteiger partial charge in [0.2, 0.25) is 0 Å². The summed E-state index contributed by atoms with van der Waals surface area (Å²) in [6, 6.07) is 18.4. The largest absolute Gasteiger partial charge is 0.337 e. The normalized spacial score (nSPS) is 13.7. The van der Waals surface area contributed by atoms with E-state index in [0.29, 0.717) is 13.1 Å². The molecule has 0 saturated heterocycles. The summed E-state index contributed by atoms with van der Waals surface area (Å²) in [5.74, 6) is 0. The zero-order valence-electron chi connectivity index (χ0n) is 17.7. The molecule has 30 heavy (non-hydrogen) atoms. The van der Waals surface area contributed by atoms with Crippen LogP contribution in [0.2, 0.25) is 0 Å². The van der Waals surface area contributed by atoms with Crippen molar-refractivity contribution in [2.75, 3.05) is 25.0 Å². The van der Waals surface area contributed by atoms with E-state index in [1.165, 1.54) is 11.1 Å². The van der Waals surface area contributed by atoms with Crippen molar-refractivity contribution in [3.05, 3.63) is 82.7 Å². The Kier molecular flexibility index (Phi) is 6.14. The first kappa shape index (κ1) is 20.2. The molecule has 0 unspecified atom stereocenters. The standard InChI is InChI=1S/C24H29N5O/c1-18-14-19(2)29(27-18)16-20-6-5-9-23(15-20)26-24(30)25-11-13-28-12-10-21-7-3-4-8-22(21)17-28/h3-9,14-15H,10-13,16-17H2,1-2H3,(H2,25,26,30). The number of hydrogen-bond donors (Lipinski definition) is 2. The van der Waals surface area contributed by atoms with Crippen molar-refractivity contribution in [1.82, 2.24) is 20.0 Å². The quantitative estimate of drug-likeness (QED) is 0.659. The number of aryl methyl sites for hydroxylation is 2. The van der Waals surface area contributed by atoms with Gasteiger partial charge in [-0.1, -0.05) is 36.4 Å². The Morgan fingerprint density at radius 2 is 1.90 bits per heavy atom. The second-order valence-electron chi connectivity index (χ2n) is 7.96. The van der Waals surface area contributed by atoms with Crippen LogP contribution in [0, 0.1) is 13.8 Å². The molecule has 0 atom stereocenters. The van der Waals surface area contributed by atoms with Gasteiger partial charge in [-0.25, -0.2) is 4.79 Å². The summed E-state index contributed by atoms with van der Waals surface area (Å²) in [6.45, 7) is 8.19. The van der Waals surface area contributed by atoms with Gasteiger partial charge in [0.25, 0.3) is 0 Å². The number of hydrogen-bond acceptors (Lipinski definition) is 3. The number of anilines is 1. The van der Waals surface area contributed by atoms with E-state index in [-0.39, 0.29) is 6.03 Å². The number of amides is 2. The van der Waals surface area contributed by atoms with Crippen molar-refractivity contribution in [3.63, 3.8) is 0 Å². The Morgan fingerprint density at radius 3 is 2.70 bits per heavy atom. The molecule has 1 aliphatic rings. The van der Waals surface area contributed by atoms with E-state index in [0.717, 1.165) is 48.7 Å². The first-order valence-corrected chi connectivity index (χ1v) is 10.5. The third-order valence-electron chi connectivity index (χ3n) is 5.54. The summed E-state index contributed by atoms with van der Waals surface area (Å²) in [7, 11) is 0. The number of nitrogens with zero attached hydrogens (tertiary/aromatic N) is 3. The van der Waals surface area contributed by atoms with Crippen molar-refractivity contribution in [2.24, 2.45) is 0 Å². The van der Waals surface area contributed by atoms with Crippen LogP contribution in [0.4, 0.5) is 10.5 Å². The molecule has 2 N–H and O–H groups in total. The highest BCUT2D eigenvalue weighted by Crippen LogP contribution is 2.18. The van der Waals surface area contributed by atoms with E-state index in [4.69, 9.17) is 0 Å². The SMILES string of the molecule is Cc1cc(C)n(Cc2cccc(NC(=O)NCCN3CCc4ccccc4C3)c2)n1. The predicted octanol–water partition coefficient (Wildman–Crippen LogP) is 3.73. The average molecular weight is 404 g/mol. The van der Waals surface area contributed by atoms with Crippen LogP contribution in [0.5, 0.6) is 0 Å². The smallest absolute Gasteiger partial charge is 0.319 e. The minimum Gasteiger partial charge on any atom is -0.337 e. The van der Waals surface area contributed by atoms with Gasteiger partial charge in [-0.15, -0.1) is 0 Å². The summed E-state index contributed by atoms with van der Waals surface area (Å²) < 4.78 is 1.98. The van der Waals surface area contributed by atoms with E-state index in [2.05, 4.69) is 57.9 Å². The molecule has 156 valence electrons. The highest BCUT2D eigenvalue weighted by molar-refractivity contribution is 5.89. The minimum atomic E-state index is -0.171. The van der Waals surface area contributed by atoms with Gasteiger partial charge in [0.15, 0.2) is 0 Å². The molecule has 0 bridgehead atoms. The number of carbonyl (C=O) groups excluding carboxylic acids is 1. The van der Waals surface area contributed by atoms with E-state index in [1.54, 1.807) is 0 Å². The second-order valence-corrected chi connectivity index (χ2v) is 7.96. The lowest BCUT2D eigenvalue weighted by molar-refractivity contribution is 0.239. The van der Waals surface area contributed by atoms with E-state index >= 15 is 0 Å². The van der Waals surface area contributed by atoms with Crippen molar-refractivity contribution in [1.29, 1.82) is 0 Å². The number of rotatable bonds is 6. The fourth-order valence-electron chi connectivity index (χ4n) is 4.00. The molecule has 4 rings (SSSR count). The van der Waals surface area contributed by atoms with Crippen molar-refractivity contribution in [3.8, 4) is 0 Å². The fraction of sp³-hybridized carbons (Fsp3) is 0.333. The molecule has 1 aliphatic heterocycles. The monoisotopic (exact) mass is 403 g/mol. The third kappa shape index (κ3) is 5.07. The maximum atomic E-state index is 12.3. The van der Waals surface area contributed by atoms with Gasteiger partial charge < -0.3 is 10.6 Å². The van der Waals surface area contributed by atoms with Gasteiger partial charge in [-0.05, 0) is 55.2 Å². The summed E-state index contributed by atoms with van der Waals surface area (Å²) in [6.07, 6.45) is 1.07. The van der Waals surface area contributed by atoms with Gasteiger partial charge in [0.1, 0.15) is 0 Å². The molecule has 0 spiro atoms. The molecule has 0 fully saturated rings. The van der Waals surface area contributed by atoms with E-state index in [9.17, 15) is 4.79 Å². The lowest BCUT2D eigenvalue weighted by atomic mass is 10.00. The zero-order chi connectivity index (χ0) is 20.9. The summed E-state index contributed by atoms with van der Waals surface area (Å²) in [4.78, 5) is 14.7. The Labute approximate surface area is 177 Å². The number of aromatic nitrogens is 2. The van der Waals surface area contributed by atoms with Gasteiger partial charge in [-0.2, -0.15) is 5.10 Å². The number of benzene rings is 2. The fourth-order valence-corrected chi connectivity index (χ4v) is 4.00. The van der Waals surface area contributed by atoms with Crippen LogP contribution in [0.25, 0.3) is 0 Å². The molecule has 6 heteroatoms. The lowest BCUT2D eigenvalue weighted by Gasteiger charge is -2.28. The molecule has 2 heterocycles. The molecular weight excluding hydrogens is 374 g/mol. The third-order valence-corrected chi connectivity index (χ3v) is 5.54. The molecule has 0 aliphatic carbocycles. The molecule has 1 aromatic heterocycles. The molecule has 6 nitrogen and oxygen atoms in total. The van der Waals surface area contributed by atoms with Crippen LogP contribution in [0.1, 0.15) is 28.1 Å². The highest BCUT2D eigenvalue weighted by atomic mass is 16.2. The highest BCUT2D eigenvalue weighted by Gasteiger charge is 2.15. The number of urea groups is 1. The number of nitrogens with one attached hydrogen (secondary N) is 2. The van der Waals surface area contributed by atoms with E-state index in [1.807, 2.05) is 35.9 Å². The molecule has 2 aromatic carbocycles. The van der Waals surface area contributed by atoms with Gasteiger partial charge >= 0.3 is 6.03 Å². The lowest BCUT2D eigenvalue weighted by Crippen LogP contribution is -2.39. The number of fused-ring (bicyclic) bond motifs is 1. The second kappa shape index (κ2) is 9.13. The Bertz CT molecular complexity index is 1030. The first-order chi connectivity index (χ1) is 14.6. The number of carbonyl (C=O) groups is 1. The Balaban J connectivity index is 1.25. The first-order valence-electron chi connectivity index (χ1n) is 10.5. The average Bonchev–Trinajstić information content (AvgIpc) is 3.05. The maximum Gasteiger partial charge on any atom is 0.319 e. The van der Waals surface area contributed by atoms with Crippen molar-refractivity contribution < 1.29 is 4.79 Å². The van der Waals surface area contributed by atoms with Crippen LogP contribution in [0.3, 0.4) is 0 Å². The summed E-state index contributed by atoms with van der Waals surface area (Å²) >= 11 is 0. The van der Waals surface area contributed by atoms with Crippen LogP contribution >= 0.6 is 0 Å². The molecule has 0 saturated carbocycles. The van der Waals surface area contributed by atoms with Crippen molar-refractivity contribution in [2.45, 2.75) is 33.4 Å². The summed E-state index contributed by atoms with van der Waals surface area (Å²) in [5.41, 5.74) is 6.87.